The number of anilines is 1. The molecule has 0 bridgehead atoms. The minimum Gasteiger partial charge on any atom is -0.443 e. The molecule has 1 heterocycles. The van der Waals surface area contributed by atoms with Crippen molar-refractivity contribution in [3.8, 4) is 5.75 Å². The molecule has 0 N–H and O–H groups in total. The highest BCUT2D eigenvalue weighted by Crippen LogP contribution is 2.22. The van der Waals surface area contributed by atoms with Gasteiger partial charge in [0.15, 0.2) is 12.0 Å². The molecule has 0 radical (unpaired) electrons. The molecule has 1 aromatic heterocycles. The number of aryl methyl sites for hydroxylation is 1. The van der Waals surface area contributed by atoms with Gasteiger partial charge in [0.05, 0.1) is 5.56 Å². The predicted octanol–water partition coefficient (Wildman–Crippen LogP) is 3.42. The number of esters is 1. The Morgan fingerprint density at radius 2 is 2.00 bits per heavy atom. The third-order valence-electron chi connectivity index (χ3n) is 3.43. The summed E-state index contributed by atoms with van der Waals surface area (Å²) in [4.78, 5) is 18.3. The van der Waals surface area contributed by atoms with E-state index in [-0.39, 0.29) is 0 Å². The van der Waals surface area contributed by atoms with Gasteiger partial charge in [-0.05, 0) is 42.8 Å². The summed E-state index contributed by atoms with van der Waals surface area (Å²) in [6.45, 7) is 1.97. The Hall–Kier alpha value is -2.82. The highest BCUT2D eigenvalue weighted by atomic mass is 16.5. The van der Waals surface area contributed by atoms with Gasteiger partial charge in [-0.15, -0.1) is 0 Å². The van der Waals surface area contributed by atoms with Crippen LogP contribution >= 0.6 is 0 Å². The molecule has 0 unspecified atom stereocenters. The number of rotatable bonds is 3. The first-order valence-corrected chi connectivity index (χ1v) is 6.88. The van der Waals surface area contributed by atoms with E-state index < -0.39 is 5.97 Å². The van der Waals surface area contributed by atoms with Crippen LogP contribution < -0.4 is 9.64 Å². The second kappa shape index (κ2) is 5.52. The molecule has 5 nitrogen and oxygen atoms in total. The molecule has 0 atom stereocenters. The molecule has 0 aliphatic carbocycles. The van der Waals surface area contributed by atoms with Crippen LogP contribution in [0.3, 0.4) is 0 Å². The molecule has 3 aromatic rings. The van der Waals surface area contributed by atoms with Crippen LogP contribution in [-0.4, -0.2) is 25.0 Å². The Balaban J connectivity index is 1.83. The minimum absolute atomic E-state index is 0.392. The van der Waals surface area contributed by atoms with Crippen molar-refractivity contribution >= 4 is 22.8 Å². The van der Waals surface area contributed by atoms with Crippen molar-refractivity contribution in [2.75, 3.05) is 19.0 Å². The number of fused-ring (bicyclic) bond motifs is 1. The SMILES string of the molecule is Cc1cc(C(=O)Oc2ccc3ocnc3c2)ccc1N(C)C. The van der Waals surface area contributed by atoms with E-state index >= 15 is 0 Å². The molecule has 2 aromatic carbocycles. The van der Waals surface area contributed by atoms with Gasteiger partial charge in [0.2, 0.25) is 0 Å². The van der Waals surface area contributed by atoms with Gasteiger partial charge >= 0.3 is 5.97 Å². The van der Waals surface area contributed by atoms with Crippen LogP contribution in [0.1, 0.15) is 15.9 Å². The summed E-state index contributed by atoms with van der Waals surface area (Å²) < 4.78 is 10.6. The normalized spacial score (nSPS) is 10.7. The Bertz CT molecular complexity index is 837. The van der Waals surface area contributed by atoms with Crippen molar-refractivity contribution in [2.24, 2.45) is 0 Å². The van der Waals surface area contributed by atoms with Crippen LogP contribution in [0.15, 0.2) is 47.2 Å². The first kappa shape index (κ1) is 14.1. The Morgan fingerprint density at radius 3 is 2.73 bits per heavy atom. The molecule has 0 aliphatic rings. The second-order valence-corrected chi connectivity index (χ2v) is 5.27. The number of hydrogen-bond acceptors (Lipinski definition) is 5. The monoisotopic (exact) mass is 296 g/mol. The van der Waals surface area contributed by atoms with Gasteiger partial charge in [-0.2, -0.15) is 0 Å². The highest BCUT2D eigenvalue weighted by Gasteiger charge is 2.12. The zero-order valence-electron chi connectivity index (χ0n) is 12.7. The molecule has 5 heteroatoms. The quantitative estimate of drug-likeness (QED) is 0.547. The molecule has 0 spiro atoms. The lowest BCUT2D eigenvalue weighted by atomic mass is 10.1. The van der Waals surface area contributed by atoms with Crippen LogP contribution in [0.25, 0.3) is 11.1 Å². The standard InChI is InChI=1S/C17H16N2O3/c1-11-8-12(4-6-15(11)19(2)3)17(20)22-13-5-7-16-14(9-13)18-10-21-16/h4-10H,1-3H3. The lowest BCUT2D eigenvalue weighted by molar-refractivity contribution is 0.0735. The molecule has 0 saturated heterocycles. The number of aromatic nitrogens is 1. The van der Waals surface area contributed by atoms with E-state index in [9.17, 15) is 4.79 Å². The first-order chi connectivity index (χ1) is 10.5. The number of ether oxygens (including phenoxy) is 1. The van der Waals surface area contributed by atoms with Crippen molar-refractivity contribution in [1.29, 1.82) is 0 Å². The Morgan fingerprint density at radius 1 is 1.18 bits per heavy atom. The number of oxazole rings is 1. The maximum Gasteiger partial charge on any atom is 0.343 e. The van der Waals surface area contributed by atoms with Gasteiger partial charge in [0.25, 0.3) is 0 Å². The van der Waals surface area contributed by atoms with Gasteiger partial charge in [-0.1, -0.05) is 0 Å². The summed E-state index contributed by atoms with van der Waals surface area (Å²) in [7, 11) is 3.93. The van der Waals surface area contributed by atoms with Crippen molar-refractivity contribution in [2.45, 2.75) is 6.92 Å². The van der Waals surface area contributed by atoms with Crippen molar-refractivity contribution in [3.05, 3.63) is 53.9 Å². The average molecular weight is 296 g/mol. The van der Waals surface area contributed by atoms with Crippen molar-refractivity contribution in [3.63, 3.8) is 0 Å². The van der Waals surface area contributed by atoms with E-state index in [4.69, 9.17) is 9.15 Å². The fourth-order valence-corrected chi connectivity index (χ4v) is 2.35. The predicted molar refractivity (Wildman–Crippen MR) is 84.5 cm³/mol. The topological polar surface area (TPSA) is 55.6 Å². The van der Waals surface area contributed by atoms with Crippen molar-refractivity contribution in [1.82, 2.24) is 4.98 Å². The van der Waals surface area contributed by atoms with Crippen LogP contribution in [0, 0.1) is 6.92 Å². The molecular formula is C17H16N2O3. The van der Waals surface area contributed by atoms with Crippen LogP contribution in [0.5, 0.6) is 5.75 Å². The third kappa shape index (κ3) is 2.65. The largest absolute Gasteiger partial charge is 0.443 e. The van der Waals surface area contributed by atoms with Crippen molar-refractivity contribution < 1.29 is 13.9 Å². The van der Waals surface area contributed by atoms with E-state index in [2.05, 4.69) is 4.98 Å². The molecule has 22 heavy (non-hydrogen) atoms. The van der Waals surface area contributed by atoms with Gasteiger partial charge in [-0.25, -0.2) is 9.78 Å². The van der Waals surface area contributed by atoms with Crippen LogP contribution in [-0.2, 0) is 0 Å². The fourth-order valence-electron chi connectivity index (χ4n) is 2.35. The number of hydrogen-bond donors (Lipinski definition) is 0. The maximum absolute atomic E-state index is 12.2. The van der Waals surface area contributed by atoms with E-state index in [1.165, 1.54) is 6.39 Å². The zero-order valence-corrected chi connectivity index (χ0v) is 12.7. The molecule has 112 valence electrons. The van der Waals surface area contributed by atoms with E-state index in [1.54, 1.807) is 24.3 Å². The van der Waals surface area contributed by atoms with E-state index in [1.807, 2.05) is 38.1 Å². The summed E-state index contributed by atoms with van der Waals surface area (Å²) in [5, 5.41) is 0. The number of carbonyl (C=O) groups is 1. The molecule has 0 aliphatic heterocycles. The van der Waals surface area contributed by atoms with E-state index in [0.29, 0.717) is 22.4 Å². The van der Waals surface area contributed by atoms with Crippen LogP contribution in [0.4, 0.5) is 5.69 Å². The third-order valence-corrected chi connectivity index (χ3v) is 3.43. The Kier molecular flexibility index (Phi) is 3.55. The highest BCUT2D eigenvalue weighted by molar-refractivity contribution is 5.92. The summed E-state index contributed by atoms with van der Waals surface area (Å²) in [5.74, 6) is 0.0528. The number of benzene rings is 2. The number of nitrogens with zero attached hydrogens (tertiary/aromatic N) is 2. The van der Waals surface area contributed by atoms with Gasteiger partial charge in [0, 0.05) is 25.8 Å². The summed E-state index contributed by atoms with van der Waals surface area (Å²) in [6.07, 6.45) is 1.36. The molecule has 3 rings (SSSR count). The minimum atomic E-state index is -0.392. The molecule has 0 saturated carbocycles. The first-order valence-electron chi connectivity index (χ1n) is 6.88. The second-order valence-electron chi connectivity index (χ2n) is 5.27. The van der Waals surface area contributed by atoms with Gasteiger partial charge in [0.1, 0.15) is 11.3 Å². The van der Waals surface area contributed by atoms with Gasteiger partial charge < -0.3 is 14.1 Å². The average Bonchev–Trinajstić information content (AvgIpc) is 2.94. The molecule has 0 fully saturated rings. The number of carbonyl (C=O) groups excluding carboxylic acids is 1. The van der Waals surface area contributed by atoms with Gasteiger partial charge in [-0.3, -0.25) is 0 Å². The maximum atomic E-state index is 12.2. The zero-order chi connectivity index (χ0) is 15.7. The lowest BCUT2D eigenvalue weighted by Crippen LogP contribution is -2.12. The lowest BCUT2D eigenvalue weighted by Gasteiger charge is -2.16. The smallest absolute Gasteiger partial charge is 0.343 e. The molecule has 0 amide bonds. The molecular weight excluding hydrogens is 280 g/mol. The summed E-state index contributed by atoms with van der Waals surface area (Å²) in [5.41, 5.74) is 3.92. The fraction of sp³-hybridized carbons (Fsp3) is 0.176. The summed E-state index contributed by atoms with van der Waals surface area (Å²) >= 11 is 0. The Labute approximate surface area is 128 Å². The van der Waals surface area contributed by atoms with Crippen LogP contribution in [0.2, 0.25) is 0 Å². The van der Waals surface area contributed by atoms with E-state index in [0.717, 1.165) is 11.3 Å². The summed E-state index contributed by atoms with van der Waals surface area (Å²) in [6, 6.07) is 10.6.